The lowest BCUT2D eigenvalue weighted by Crippen LogP contribution is -2.52. The van der Waals surface area contributed by atoms with Crippen LogP contribution in [0, 0.1) is 20.8 Å². The van der Waals surface area contributed by atoms with Gasteiger partial charge in [0.2, 0.25) is 0 Å². The van der Waals surface area contributed by atoms with Crippen molar-refractivity contribution >= 4 is 11.5 Å². The van der Waals surface area contributed by atoms with Crippen molar-refractivity contribution in [3.05, 3.63) is 76.0 Å². The molecule has 4 nitrogen and oxygen atoms in total. The number of hydrogen-bond donors (Lipinski definition) is 2. The molecule has 2 aromatic rings. The summed E-state index contributed by atoms with van der Waals surface area (Å²) in [6.45, 7) is 8.67. The molecule has 1 spiro atoms. The summed E-state index contributed by atoms with van der Waals surface area (Å²) in [6.07, 6.45) is 1.45. The molecule has 0 atom stereocenters. The number of aliphatic hydroxyl groups is 1. The topological polar surface area (TPSA) is 52.6 Å². The van der Waals surface area contributed by atoms with E-state index >= 15 is 0 Å². The van der Waals surface area contributed by atoms with E-state index in [1.807, 2.05) is 19.9 Å². The van der Waals surface area contributed by atoms with Crippen molar-refractivity contribution in [3.63, 3.8) is 0 Å². The van der Waals surface area contributed by atoms with Crippen LogP contribution in [0.4, 0.5) is 0 Å². The maximum atomic E-state index is 12.9. The summed E-state index contributed by atoms with van der Waals surface area (Å²) in [6, 6.07) is 14.6. The van der Waals surface area contributed by atoms with Crippen LogP contribution in [0.15, 0.2) is 48.2 Å². The average Bonchev–Trinajstić information content (AvgIpc) is 2.88. The van der Waals surface area contributed by atoms with Gasteiger partial charge >= 0.3 is 0 Å². The summed E-state index contributed by atoms with van der Waals surface area (Å²) < 4.78 is 0. The third-order valence-electron chi connectivity index (χ3n) is 6.16. The lowest BCUT2D eigenvalue weighted by atomic mass is 9.84. The lowest BCUT2D eigenvalue weighted by Gasteiger charge is -2.39. The minimum atomic E-state index is -0.622. The number of hydrogen-bond acceptors (Lipinski definition) is 3. The lowest BCUT2D eigenvalue weighted by molar-refractivity contribution is -0.116. The van der Waals surface area contributed by atoms with Crippen LogP contribution in [0.3, 0.4) is 0 Å². The van der Waals surface area contributed by atoms with Gasteiger partial charge in [-0.1, -0.05) is 48.0 Å². The molecule has 1 amide bonds. The fourth-order valence-electron chi connectivity index (χ4n) is 4.79. The third kappa shape index (κ3) is 3.22. The summed E-state index contributed by atoms with van der Waals surface area (Å²) in [5, 5.41) is 14.3. The minimum absolute atomic E-state index is 0.149. The first-order valence-corrected chi connectivity index (χ1v) is 10.0. The zero-order valence-electron chi connectivity index (χ0n) is 16.9. The molecule has 0 aliphatic carbocycles. The first kappa shape index (κ1) is 18.8. The monoisotopic (exact) mass is 376 g/mol. The zero-order valence-corrected chi connectivity index (χ0v) is 16.9. The standard InChI is InChI=1S/C24H28N2O2/c1-16-13-17(2)20(18(3)14-16)21-22(27)24(25-23(21)28)9-11-26(12-10-24)15-19-7-5-4-6-8-19/h4-8,13-14,27H,9-12,15H2,1-3H3,(H,25,28). The fourth-order valence-corrected chi connectivity index (χ4v) is 4.79. The molecule has 28 heavy (non-hydrogen) atoms. The van der Waals surface area contributed by atoms with Gasteiger partial charge in [0.15, 0.2) is 0 Å². The van der Waals surface area contributed by atoms with Crippen LogP contribution < -0.4 is 5.32 Å². The van der Waals surface area contributed by atoms with E-state index in [0.717, 1.165) is 49.2 Å². The number of nitrogens with zero attached hydrogens (tertiary/aromatic N) is 1. The van der Waals surface area contributed by atoms with Crippen LogP contribution in [-0.4, -0.2) is 34.5 Å². The van der Waals surface area contributed by atoms with E-state index in [1.54, 1.807) is 0 Å². The van der Waals surface area contributed by atoms with Gasteiger partial charge in [0, 0.05) is 19.6 Å². The maximum absolute atomic E-state index is 12.9. The Bertz CT molecular complexity index is 915. The van der Waals surface area contributed by atoms with Gasteiger partial charge in [-0.25, -0.2) is 0 Å². The Hall–Kier alpha value is -2.59. The van der Waals surface area contributed by atoms with Crippen molar-refractivity contribution in [3.8, 4) is 0 Å². The average molecular weight is 377 g/mol. The Labute approximate surface area is 166 Å². The van der Waals surface area contributed by atoms with Crippen molar-refractivity contribution in [1.29, 1.82) is 0 Å². The number of carbonyl (C=O) groups is 1. The van der Waals surface area contributed by atoms with Crippen LogP contribution >= 0.6 is 0 Å². The van der Waals surface area contributed by atoms with Gasteiger partial charge in [-0.15, -0.1) is 0 Å². The van der Waals surface area contributed by atoms with Crippen LogP contribution in [-0.2, 0) is 11.3 Å². The van der Waals surface area contributed by atoms with Crippen LogP contribution in [0.1, 0.15) is 40.7 Å². The number of carbonyl (C=O) groups excluding carboxylic acids is 1. The molecule has 0 unspecified atom stereocenters. The van der Waals surface area contributed by atoms with E-state index in [4.69, 9.17) is 0 Å². The second-order valence-electron chi connectivity index (χ2n) is 8.30. The molecule has 4 heteroatoms. The Morgan fingerprint density at radius 3 is 2.25 bits per heavy atom. The Morgan fingerprint density at radius 2 is 1.64 bits per heavy atom. The quantitative estimate of drug-likeness (QED) is 0.850. The van der Waals surface area contributed by atoms with E-state index in [1.165, 1.54) is 11.1 Å². The number of benzene rings is 2. The van der Waals surface area contributed by atoms with Gasteiger partial charge in [0.25, 0.3) is 5.91 Å². The summed E-state index contributed by atoms with van der Waals surface area (Å²) in [5.41, 5.74) is 5.25. The van der Waals surface area contributed by atoms with Crippen LogP contribution in [0.25, 0.3) is 5.57 Å². The highest BCUT2D eigenvalue weighted by atomic mass is 16.3. The Morgan fingerprint density at radius 1 is 1.04 bits per heavy atom. The summed E-state index contributed by atoms with van der Waals surface area (Å²) in [5.74, 6) is 0.0796. The molecule has 1 saturated heterocycles. The summed E-state index contributed by atoms with van der Waals surface area (Å²) in [7, 11) is 0. The normalized spacial score (nSPS) is 19.3. The molecule has 1 fully saturated rings. The maximum Gasteiger partial charge on any atom is 0.256 e. The second kappa shape index (κ2) is 7.10. The van der Waals surface area contributed by atoms with E-state index < -0.39 is 5.54 Å². The van der Waals surface area contributed by atoms with Gasteiger partial charge in [0.05, 0.1) is 5.57 Å². The van der Waals surface area contributed by atoms with Gasteiger partial charge < -0.3 is 10.4 Å². The number of nitrogens with one attached hydrogen (secondary N) is 1. The van der Waals surface area contributed by atoms with E-state index in [-0.39, 0.29) is 11.7 Å². The number of aliphatic hydroxyl groups excluding tert-OH is 1. The highest BCUT2D eigenvalue weighted by Gasteiger charge is 2.48. The number of piperidine rings is 1. The molecular formula is C24H28N2O2. The van der Waals surface area contributed by atoms with Crippen molar-refractivity contribution in [1.82, 2.24) is 10.2 Å². The van der Waals surface area contributed by atoms with Gasteiger partial charge in [-0.3, -0.25) is 9.69 Å². The van der Waals surface area contributed by atoms with Crippen molar-refractivity contribution in [2.24, 2.45) is 0 Å². The Balaban J connectivity index is 1.58. The zero-order chi connectivity index (χ0) is 19.9. The fraction of sp³-hybridized carbons (Fsp3) is 0.375. The molecule has 0 saturated carbocycles. The first-order chi connectivity index (χ1) is 13.4. The van der Waals surface area contributed by atoms with Crippen molar-refractivity contribution in [2.45, 2.75) is 45.7 Å². The predicted molar refractivity (Wildman–Crippen MR) is 112 cm³/mol. The van der Waals surface area contributed by atoms with Gasteiger partial charge in [-0.05, 0) is 55.9 Å². The molecule has 4 rings (SSSR count). The van der Waals surface area contributed by atoms with Crippen LogP contribution in [0.5, 0.6) is 0 Å². The van der Waals surface area contributed by atoms with Gasteiger partial charge in [0.1, 0.15) is 11.3 Å². The molecule has 2 heterocycles. The number of amides is 1. The molecule has 2 aliphatic heterocycles. The number of likely N-dealkylation sites (tertiary alicyclic amines) is 1. The molecule has 2 N–H and O–H groups in total. The largest absolute Gasteiger partial charge is 0.509 e. The smallest absolute Gasteiger partial charge is 0.256 e. The molecule has 0 radical (unpaired) electrons. The highest BCUT2D eigenvalue weighted by molar-refractivity contribution is 6.24. The predicted octanol–water partition coefficient (Wildman–Crippen LogP) is 4.05. The summed E-state index contributed by atoms with van der Waals surface area (Å²) in [4.78, 5) is 15.3. The van der Waals surface area contributed by atoms with Crippen molar-refractivity contribution in [2.75, 3.05) is 13.1 Å². The third-order valence-corrected chi connectivity index (χ3v) is 6.16. The molecule has 0 aromatic heterocycles. The first-order valence-electron chi connectivity index (χ1n) is 10.0. The summed E-state index contributed by atoms with van der Waals surface area (Å²) >= 11 is 0. The van der Waals surface area contributed by atoms with Crippen LogP contribution in [0.2, 0.25) is 0 Å². The van der Waals surface area contributed by atoms with Crippen molar-refractivity contribution < 1.29 is 9.90 Å². The molecule has 0 bridgehead atoms. The van der Waals surface area contributed by atoms with Gasteiger partial charge in [-0.2, -0.15) is 0 Å². The van der Waals surface area contributed by atoms with E-state index in [2.05, 4.69) is 53.5 Å². The molecule has 2 aliphatic rings. The second-order valence-corrected chi connectivity index (χ2v) is 8.30. The molecular weight excluding hydrogens is 348 g/mol. The SMILES string of the molecule is Cc1cc(C)c(C2=C(O)C3(CCN(Cc4ccccc4)CC3)NC2=O)c(C)c1. The molecule has 146 valence electrons. The van der Waals surface area contributed by atoms with E-state index in [9.17, 15) is 9.90 Å². The molecule has 2 aromatic carbocycles. The number of aryl methyl sites for hydroxylation is 3. The van der Waals surface area contributed by atoms with E-state index in [0.29, 0.717) is 5.57 Å². The Kier molecular flexibility index (Phi) is 4.76. The minimum Gasteiger partial charge on any atom is -0.509 e. The highest BCUT2D eigenvalue weighted by Crippen LogP contribution is 2.40. The number of rotatable bonds is 3.